The smallest absolute Gasteiger partial charge is 0.161 e. The van der Waals surface area contributed by atoms with Crippen molar-refractivity contribution in [2.45, 2.75) is 13.3 Å². The SMILES string of the molecule is CCCNc1nc(-c2cc(F)cc(Cl)c2)ncc1Br. The van der Waals surface area contributed by atoms with Gasteiger partial charge < -0.3 is 5.32 Å². The number of rotatable bonds is 4. The van der Waals surface area contributed by atoms with E-state index in [0.29, 0.717) is 22.2 Å². The Kier molecular flexibility index (Phi) is 4.71. The zero-order valence-electron chi connectivity index (χ0n) is 10.3. The molecule has 0 amide bonds. The third kappa shape index (κ3) is 3.64. The lowest BCUT2D eigenvalue weighted by Crippen LogP contribution is -2.04. The molecule has 0 radical (unpaired) electrons. The van der Waals surface area contributed by atoms with E-state index in [2.05, 4.69) is 38.1 Å². The van der Waals surface area contributed by atoms with E-state index in [0.717, 1.165) is 17.4 Å². The molecule has 1 aromatic carbocycles. The van der Waals surface area contributed by atoms with Gasteiger partial charge in [-0.1, -0.05) is 18.5 Å². The van der Waals surface area contributed by atoms with Crippen molar-refractivity contribution in [3.8, 4) is 11.4 Å². The van der Waals surface area contributed by atoms with Crippen LogP contribution in [-0.2, 0) is 0 Å². The Morgan fingerprint density at radius 3 is 2.84 bits per heavy atom. The summed E-state index contributed by atoms with van der Waals surface area (Å²) in [4.78, 5) is 8.54. The fourth-order valence-electron chi connectivity index (χ4n) is 1.56. The molecule has 100 valence electrons. The molecule has 0 saturated carbocycles. The summed E-state index contributed by atoms with van der Waals surface area (Å²) in [6.07, 6.45) is 2.62. The second-order valence-corrected chi connectivity index (χ2v) is 5.27. The second-order valence-electron chi connectivity index (χ2n) is 3.98. The molecule has 2 rings (SSSR count). The lowest BCUT2D eigenvalue weighted by atomic mass is 10.2. The summed E-state index contributed by atoms with van der Waals surface area (Å²) < 4.78 is 14.1. The number of anilines is 1. The number of halogens is 3. The van der Waals surface area contributed by atoms with Crippen LogP contribution in [0.5, 0.6) is 0 Å². The van der Waals surface area contributed by atoms with E-state index in [9.17, 15) is 4.39 Å². The summed E-state index contributed by atoms with van der Waals surface area (Å²) >= 11 is 9.21. The Balaban J connectivity index is 2.39. The van der Waals surface area contributed by atoms with E-state index in [-0.39, 0.29) is 0 Å². The van der Waals surface area contributed by atoms with E-state index in [1.54, 1.807) is 12.3 Å². The van der Waals surface area contributed by atoms with Crippen molar-refractivity contribution in [3.05, 3.63) is 39.7 Å². The van der Waals surface area contributed by atoms with Gasteiger partial charge in [0.1, 0.15) is 11.6 Å². The van der Waals surface area contributed by atoms with Gasteiger partial charge in [0, 0.05) is 23.3 Å². The predicted octanol–water partition coefficient (Wildman–Crippen LogP) is 4.52. The fraction of sp³-hybridized carbons (Fsp3) is 0.231. The van der Waals surface area contributed by atoms with Crippen LogP contribution in [0.2, 0.25) is 5.02 Å². The molecule has 0 aliphatic heterocycles. The molecule has 0 aliphatic rings. The summed E-state index contributed by atoms with van der Waals surface area (Å²) in [5.41, 5.74) is 0.553. The third-order valence-corrected chi connectivity index (χ3v) is 3.21. The quantitative estimate of drug-likeness (QED) is 0.886. The van der Waals surface area contributed by atoms with Gasteiger partial charge in [-0.05, 0) is 40.5 Å². The normalized spacial score (nSPS) is 10.5. The number of aromatic nitrogens is 2. The molecule has 0 bridgehead atoms. The Morgan fingerprint density at radius 1 is 1.37 bits per heavy atom. The number of hydrogen-bond acceptors (Lipinski definition) is 3. The summed E-state index contributed by atoms with van der Waals surface area (Å²) in [5.74, 6) is 0.715. The average molecular weight is 345 g/mol. The maximum absolute atomic E-state index is 13.3. The van der Waals surface area contributed by atoms with Crippen LogP contribution in [0.3, 0.4) is 0 Å². The molecule has 0 fully saturated rings. The van der Waals surface area contributed by atoms with Crippen molar-refractivity contribution in [1.82, 2.24) is 9.97 Å². The molecule has 1 aromatic heterocycles. The highest BCUT2D eigenvalue weighted by molar-refractivity contribution is 9.10. The van der Waals surface area contributed by atoms with E-state index in [1.165, 1.54) is 12.1 Å². The van der Waals surface area contributed by atoms with Gasteiger partial charge >= 0.3 is 0 Å². The van der Waals surface area contributed by atoms with Gasteiger partial charge in [-0.3, -0.25) is 0 Å². The summed E-state index contributed by atoms with van der Waals surface area (Å²) in [6, 6.07) is 4.25. The molecule has 0 unspecified atom stereocenters. The maximum atomic E-state index is 13.3. The molecule has 1 heterocycles. The van der Waals surface area contributed by atoms with Gasteiger partial charge in [-0.25, -0.2) is 14.4 Å². The van der Waals surface area contributed by atoms with Gasteiger partial charge in [0.25, 0.3) is 0 Å². The first kappa shape index (κ1) is 14.2. The van der Waals surface area contributed by atoms with Gasteiger partial charge in [0.2, 0.25) is 0 Å². The van der Waals surface area contributed by atoms with Crippen LogP contribution in [0, 0.1) is 5.82 Å². The molecule has 3 nitrogen and oxygen atoms in total. The molecular formula is C13H12BrClFN3. The summed E-state index contributed by atoms with van der Waals surface area (Å²) in [6.45, 7) is 2.87. The number of benzene rings is 1. The Hall–Kier alpha value is -1.20. The van der Waals surface area contributed by atoms with Crippen LogP contribution in [0.15, 0.2) is 28.9 Å². The van der Waals surface area contributed by atoms with E-state index in [4.69, 9.17) is 11.6 Å². The molecule has 6 heteroatoms. The number of nitrogens with one attached hydrogen (secondary N) is 1. The molecule has 2 aromatic rings. The Labute approximate surface area is 124 Å². The van der Waals surface area contributed by atoms with Crippen molar-refractivity contribution in [1.29, 1.82) is 0 Å². The fourth-order valence-corrected chi connectivity index (χ4v) is 2.11. The molecule has 0 atom stereocenters. The standard InChI is InChI=1S/C13H12BrClFN3/c1-2-3-17-13-11(14)7-18-12(19-13)8-4-9(15)6-10(16)5-8/h4-7H,2-3H2,1H3,(H,17,18,19). The first-order valence-electron chi connectivity index (χ1n) is 5.83. The number of hydrogen-bond donors (Lipinski definition) is 1. The second kappa shape index (κ2) is 6.30. The van der Waals surface area contributed by atoms with Crippen molar-refractivity contribution < 1.29 is 4.39 Å². The molecule has 0 spiro atoms. The number of nitrogens with zero attached hydrogens (tertiary/aromatic N) is 2. The predicted molar refractivity (Wildman–Crippen MR) is 78.9 cm³/mol. The van der Waals surface area contributed by atoms with Crippen LogP contribution < -0.4 is 5.32 Å². The highest BCUT2D eigenvalue weighted by Gasteiger charge is 2.08. The van der Waals surface area contributed by atoms with Crippen LogP contribution in [0.25, 0.3) is 11.4 Å². The topological polar surface area (TPSA) is 37.8 Å². The zero-order chi connectivity index (χ0) is 13.8. The van der Waals surface area contributed by atoms with Crippen molar-refractivity contribution in [2.24, 2.45) is 0 Å². The molecule has 19 heavy (non-hydrogen) atoms. The van der Waals surface area contributed by atoms with E-state index in [1.807, 2.05) is 0 Å². The minimum Gasteiger partial charge on any atom is -0.369 e. The van der Waals surface area contributed by atoms with E-state index < -0.39 is 5.82 Å². The Bertz CT molecular complexity index is 572. The lowest BCUT2D eigenvalue weighted by molar-refractivity contribution is 0.628. The van der Waals surface area contributed by atoms with Gasteiger partial charge in [0.05, 0.1) is 4.47 Å². The minimum absolute atomic E-state index is 0.324. The van der Waals surface area contributed by atoms with Crippen LogP contribution >= 0.6 is 27.5 Å². The minimum atomic E-state index is -0.405. The van der Waals surface area contributed by atoms with Crippen LogP contribution in [0.1, 0.15) is 13.3 Å². The summed E-state index contributed by atoms with van der Waals surface area (Å²) in [5, 5.41) is 3.50. The highest BCUT2D eigenvalue weighted by Crippen LogP contribution is 2.25. The lowest BCUT2D eigenvalue weighted by Gasteiger charge is -2.08. The van der Waals surface area contributed by atoms with Crippen molar-refractivity contribution >= 4 is 33.3 Å². The van der Waals surface area contributed by atoms with E-state index >= 15 is 0 Å². The van der Waals surface area contributed by atoms with Crippen LogP contribution in [-0.4, -0.2) is 16.5 Å². The molecule has 0 aliphatic carbocycles. The molecule has 0 saturated heterocycles. The van der Waals surface area contributed by atoms with Crippen LogP contribution in [0.4, 0.5) is 10.2 Å². The van der Waals surface area contributed by atoms with Crippen molar-refractivity contribution in [2.75, 3.05) is 11.9 Å². The van der Waals surface area contributed by atoms with Crippen molar-refractivity contribution in [3.63, 3.8) is 0 Å². The first-order valence-corrected chi connectivity index (χ1v) is 7.00. The average Bonchev–Trinajstić information content (AvgIpc) is 2.36. The molecule has 1 N–H and O–H groups in total. The highest BCUT2D eigenvalue weighted by atomic mass is 79.9. The first-order chi connectivity index (χ1) is 9.10. The van der Waals surface area contributed by atoms with Gasteiger partial charge in [0.15, 0.2) is 5.82 Å². The largest absolute Gasteiger partial charge is 0.369 e. The third-order valence-electron chi connectivity index (χ3n) is 2.41. The monoisotopic (exact) mass is 343 g/mol. The van der Waals surface area contributed by atoms with Gasteiger partial charge in [-0.2, -0.15) is 0 Å². The maximum Gasteiger partial charge on any atom is 0.161 e. The molecular weight excluding hydrogens is 333 g/mol. The summed E-state index contributed by atoms with van der Waals surface area (Å²) in [7, 11) is 0. The Morgan fingerprint density at radius 2 is 2.16 bits per heavy atom. The zero-order valence-corrected chi connectivity index (χ0v) is 12.6. The van der Waals surface area contributed by atoms with Gasteiger partial charge in [-0.15, -0.1) is 0 Å².